The van der Waals surface area contributed by atoms with Crippen molar-refractivity contribution in [2.24, 2.45) is 11.5 Å². The topological polar surface area (TPSA) is 52.0 Å². The summed E-state index contributed by atoms with van der Waals surface area (Å²) < 4.78 is 13.0. The van der Waals surface area contributed by atoms with Crippen molar-refractivity contribution >= 4 is 24.8 Å². The zero-order valence-electron chi connectivity index (χ0n) is 6.68. The Kier molecular flexibility index (Phi) is 13.6. The normalized spacial score (nSPS) is 9.82. The third-order valence-corrected chi connectivity index (χ3v) is 1.43. The molecule has 0 aromatic heterocycles. The summed E-state index contributed by atoms with van der Waals surface area (Å²) in [5, 5.41) is 0. The van der Waals surface area contributed by atoms with Crippen LogP contribution < -0.4 is 11.5 Å². The molecule has 0 amide bonds. The van der Waals surface area contributed by atoms with E-state index in [1.54, 1.807) is 0 Å². The highest BCUT2D eigenvalue weighted by Crippen LogP contribution is 2.14. The number of rotatable bonds is 4. The van der Waals surface area contributed by atoms with Crippen molar-refractivity contribution in [3.05, 3.63) is 0 Å². The van der Waals surface area contributed by atoms with Crippen molar-refractivity contribution in [2.45, 2.75) is 25.4 Å². The maximum Gasteiger partial charge on any atom is 0.135 e. The molecule has 0 aromatic rings. The minimum atomic E-state index is -1.31. The van der Waals surface area contributed by atoms with Gasteiger partial charge in [0.15, 0.2) is 0 Å². The van der Waals surface area contributed by atoms with Gasteiger partial charge in [-0.1, -0.05) is 13.3 Å². The predicted octanol–water partition coefficient (Wildman–Crippen LogP) is 1.26. The van der Waals surface area contributed by atoms with Gasteiger partial charge in [0.25, 0.3) is 0 Å². The van der Waals surface area contributed by atoms with Gasteiger partial charge in [-0.25, -0.2) is 4.39 Å². The van der Waals surface area contributed by atoms with Crippen LogP contribution in [-0.2, 0) is 0 Å². The van der Waals surface area contributed by atoms with Crippen molar-refractivity contribution in [1.82, 2.24) is 0 Å². The van der Waals surface area contributed by atoms with Crippen LogP contribution in [0, 0.1) is 0 Å². The number of halogens is 3. The summed E-state index contributed by atoms with van der Waals surface area (Å²) >= 11 is 0. The van der Waals surface area contributed by atoms with Crippen molar-refractivity contribution in [1.29, 1.82) is 0 Å². The minimum absolute atomic E-state index is 0. The largest absolute Gasteiger partial charge is 0.327 e. The van der Waals surface area contributed by atoms with E-state index in [2.05, 4.69) is 0 Å². The predicted molar refractivity (Wildman–Crippen MR) is 51.4 cm³/mol. The Bertz CT molecular complexity index is 79.0. The van der Waals surface area contributed by atoms with Crippen LogP contribution in [0.1, 0.15) is 19.8 Å². The summed E-state index contributed by atoms with van der Waals surface area (Å²) in [7, 11) is 0. The molecule has 0 saturated carbocycles. The summed E-state index contributed by atoms with van der Waals surface area (Å²) in [6.07, 6.45) is 1.27. The SMILES string of the molecule is CCCC(F)(CN)CN.Cl.Cl. The van der Waals surface area contributed by atoms with Gasteiger partial charge in [0.1, 0.15) is 5.67 Å². The molecule has 2 nitrogen and oxygen atoms in total. The number of nitrogens with two attached hydrogens (primary N) is 2. The monoisotopic (exact) mass is 206 g/mol. The van der Waals surface area contributed by atoms with Gasteiger partial charge >= 0.3 is 0 Å². The highest BCUT2D eigenvalue weighted by atomic mass is 35.5. The molecule has 0 fully saturated rings. The van der Waals surface area contributed by atoms with Gasteiger partial charge in [0.2, 0.25) is 0 Å². The quantitative estimate of drug-likeness (QED) is 0.729. The second kappa shape index (κ2) is 8.53. The van der Waals surface area contributed by atoms with Crippen LogP contribution in [0.3, 0.4) is 0 Å². The third-order valence-electron chi connectivity index (χ3n) is 1.43. The maximum absolute atomic E-state index is 13.0. The van der Waals surface area contributed by atoms with Crippen molar-refractivity contribution < 1.29 is 4.39 Å². The van der Waals surface area contributed by atoms with Gasteiger partial charge in [-0.05, 0) is 6.42 Å². The lowest BCUT2D eigenvalue weighted by atomic mass is 10.0. The zero-order valence-corrected chi connectivity index (χ0v) is 8.31. The van der Waals surface area contributed by atoms with Crippen LogP contribution in [-0.4, -0.2) is 18.8 Å². The molecule has 5 heteroatoms. The lowest BCUT2D eigenvalue weighted by Gasteiger charge is -2.19. The molecule has 0 aliphatic rings. The van der Waals surface area contributed by atoms with Crippen LogP contribution in [0.5, 0.6) is 0 Å². The smallest absolute Gasteiger partial charge is 0.135 e. The Morgan fingerprint density at radius 2 is 1.55 bits per heavy atom. The molecule has 0 aliphatic heterocycles. The lowest BCUT2D eigenvalue weighted by Crippen LogP contribution is -2.40. The number of alkyl halides is 1. The van der Waals surface area contributed by atoms with Gasteiger partial charge < -0.3 is 11.5 Å². The van der Waals surface area contributed by atoms with Crippen LogP contribution in [0.15, 0.2) is 0 Å². The molecule has 11 heavy (non-hydrogen) atoms. The molecule has 0 radical (unpaired) electrons. The van der Waals surface area contributed by atoms with E-state index in [4.69, 9.17) is 11.5 Å². The summed E-state index contributed by atoms with van der Waals surface area (Å²) in [4.78, 5) is 0. The zero-order chi connectivity index (χ0) is 7.33. The van der Waals surface area contributed by atoms with Crippen LogP contribution in [0.2, 0.25) is 0 Å². The number of hydrogen-bond acceptors (Lipinski definition) is 2. The number of hydrogen-bond donors (Lipinski definition) is 2. The van der Waals surface area contributed by atoms with Crippen molar-refractivity contribution in [3.8, 4) is 0 Å². The Morgan fingerprint density at radius 1 is 1.18 bits per heavy atom. The molecule has 0 heterocycles. The molecule has 0 saturated heterocycles. The fourth-order valence-electron chi connectivity index (χ4n) is 0.736. The second-order valence-electron chi connectivity index (χ2n) is 2.31. The Labute approximate surface area is 79.7 Å². The summed E-state index contributed by atoms with van der Waals surface area (Å²) in [5.74, 6) is 0. The average Bonchev–Trinajstić information content (AvgIpc) is 1.89. The summed E-state index contributed by atoms with van der Waals surface area (Å²) in [5.41, 5.74) is 8.99. The van der Waals surface area contributed by atoms with E-state index in [-0.39, 0.29) is 37.9 Å². The first-order valence-electron chi connectivity index (χ1n) is 3.27. The Balaban J connectivity index is -0.000000320. The molecular formula is C6H17Cl2FN2. The van der Waals surface area contributed by atoms with E-state index >= 15 is 0 Å². The maximum atomic E-state index is 13.0. The van der Waals surface area contributed by atoms with E-state index in [9.17, 15) is 4.39 Å². The fourth-order valence-corrected chi connectivity index (χ4v) is 0.736. The molecule has 0 unspecified atom stereocenters. The lowest BCUT2D eigenvalue weighted by molar-refractivity contribution is 0.169. The van der Waals surface area contributed by atoms with Crippen LogP contribution in [0.4, 0.5) is 4.39 Å². The van der Waals surface area contributed by atoms with Gasteiger partial charge in [0, 0.05) is 13.1 Å². The molecular weight excluding hydrogens is 190 g/mol. The molecule has 0 spiro atoms. The fraction of sp³-hybridized carbons (Fsp3) is 1.00. The molecule has 4 N–H and O–H groups in total. The molecule has 0 bridgehead atoms. The summed E-state index contributed by atoms with van der Waals surface area (Å²) in [6.45, 7) is 1.99. The highest BCUT2D eigenvalue weighted by molar-refractivity contribution is 5.85. The van der Waals surface area contributed by atoms with Crippen LogP contribution in [0.25, 0.3) is 0 Å². The Morgan fingerprint density at radius 3 is 1.64 bits per heavy atom. The Hall–Kier alpha value is 0.430. The summed E-state index contributed by atoms with van der Waals surface area (Å²) in [6, 6.07) is 0. The average molecular weight is 207 g/mol. The van der Waals surface area contributed by atoms with E-state index in [1.165, 1.54) is 0 Å². The van der Waals surface area contributed by atoms with Crippen LogP contribution >= 0.6 is 24.8 Å². The third kappa shape index (κ3) is 6.81. The first-order valence-corrected chi connectivity index (χ1v) is 3.27. The van der Waals surface area contributed by atoms with E-state index < -0.39 is 5.67 Å². The first kappa shape index (κ1) is 17.5. The molecule has 0 atom stereocenters. The van der Waals surface area contributed by atoms with Gasteiger partial charge in [0.05, 0.1) is 0 Å². The molecule has 0 aliphatic carbocycles. The molecule has 72 valence electrons. The highest BCUT2D eigenvalue weighted by Gasteiger charge is 2.23. The van der Waals surface area contributed by atoms with Gasteiger partial charge in [-0.15, -0.1) is 24.8 Å². The van der Waals surface area contributed by atoms with E-state index in [0.29, 0.717) is 6.42 Å². The standard InChI is InChI=1S/C6H15FN2.2ClH/c1-2-3-6(7,4-8)5-9;;/h2-5,8-9H2,1H3;2*1H. The van der Waals surface area contributed by atoms with E-state index in [1.807, 2.05) is 6.92 Å². The van der Waals surface area contributed by atoms with Crippen molar-refractivity contribution in [2.75, 3.05) is 13.1 Å². The van der Waals surface area contributed by atoms with Gasteiger partial charge in [-0.3, -0.25) is 0 Å². The molecule has 0 aromatic carbocycles. The first-order chi connectivity index (χ1) is 4.18. The van der Waals surface area contributed by atoms with Gasteiger partial charge in [-0.2, -0.15) is 0 Å². The van der Waals surface area contributed by atoms with Crippen molar-refractivity contribution in [3.63, 3.8) is 0 Å². The molecule has 0 rings (SSSR count). The second-order valence-corrected chi connectivity index (χ2v) is 2.31. The minimum Gasteiger partial charge on any atom is -0.327 e. The van der Waals surface area contributed by atoms with E-state index in [0.717, 1.165) is 6.42 Å².